The largest absolute Gasteiger partial charge is 0.445 e. The van der Waals surface area contributed by atoms with Crippen molar-refractivity contribution in [2.75, 3.05) is 0 Å². The van der Waals surface area contributed by atoms with Crippen LogP contribution in [0.2, 0.25) is 0 Å². The molecule has 226 valence electrons. The highest BCUT2D eigenvalue weighted by molar-refractivity contribution is 5.92. The van der Waals surface area contributed by atoms with Gasteiger partial charge in [0, 0.05) is 0 Å². The zero-order chi connectivity index (χ0) is 30.7. The predicted octanol–water partition coefficient (Wildman–Crippen LogP) is 3.90. The van der Waals surface area contributed by atoms with Crippen LogP contribution in [0.1, 0.15) is 81.2 Å². The van der Waals surface area contributed by atoms with E-state index in [4.69, 9.17) is 14.2 Å². The predicted molar refractivity (Wildman–Crippen MR) is 154 cm³/mol. The van der Waals surface area contributed by atoms with Gasteiger partial charge in [-0.3, -0.25) is 9.59 Å². The van der Waals surface area contributed by atoms with E-state index < -0.39 is 59.4 Å². The van der Waals surface area contributed by atoms with Crippen LogP contribution in [0, 0.1) is 5.92 Å². The Balaban J connectivity index is 3.10. The van der Waals surface area contributed by atoms with Crippen LogP contribution >= 0.6 is 0 Å². The highest BCUT2D eigenvalue weighted by Gasteiger charge is 2.36. The summed E-state index contributed by atoms with van der Waals surface area (Å²) < 4.78 is 17.2. The number of carbonyl (C=O) groups is 4. The lowest BCUT2D eigenvalue weighted by Crippen LogP contribution is -2.61. The summed E-state index contributed by atoms with van der Waals surface area (Å²) in [5, 5.41) is 8.07. The monoisotopic (exact) mass is 563 g/mol. The minimum atomic E-state index is -1.16. The number of carbonyl (C=O) groups excluding carboxylic acids is 4. The van der Waals surface area contributed by atoms with Gasteiger partial charge >= 0.3 is 6.09 Å². The van der Waals surface area contributed by atoms with Crippen LogP contribution in [-0.2, 0) is 35.2 Å². The Kier molecular flexibility index (Phi) is 13.8. The maximum Gasteiger partial charge on any atom is 0.408 e. The molecule has 0 saturated carbocycles. The van der Waals surface area contributed by atoms with Crippen LogP contribution < -0.4 is 16.0 Å². The van der Waals surface area contributed by atoms with Crippen LogP contribution in [0.15, 0.2) is 30.3 Å². The molecule has 0 saturated heterocycles. The van der Waals surface area contributed by atoms with Gasteiger partial charge in [0.2, 0.25) is 11.8 Å². The van der Waals surface area contributed by atoms with E-state index in [-0.39, 0.29) is 12.5 Å². The number of alkyl carbamates (subject to hydrolysis) is 1. The van der Waals surface area contributed by atoms with Gasteiger partial charge in [-0.2, -0.15) is 0 Å². The average molecular weight is 564 g/mol. The van der Waals surface area contributed by atoms with E-state index in [2.05, 4.69) is 16.0 Å². The van der Waals surface area contributed by atoms with E-state index in [1.54, 1.807) is 13.8 Å². The molecule has 3 N–H and O–H groups in total. The Morgan fingerprint density at radius 3 is 1.82 bits per heavy atom. The quantitative estimate of drug-likeness (QED) is 0.293. The van der Waals surface area contributed by atoms with E-state index in [1.807, 2.05) is 85.7 Å². The SMILES string of the molecule is CC[C@H](C)[C@H](NC(=O)OCc1ccccc1)C(=O)N[C@H](C(=O)N[C@H](C=O)[C@@H](C)OC(C)(C)C)[C@@H](C)OC(C)(C)C. The number of benzene rings is 1. The van der Waals surface area contributed by atoms with Gasteiger partial charge in [0.05, 0.1) is 23.4 Å². The molecule has 10 nitrogen and oxygen atoms in total. The van der Waals surface area contributed by atoms with Crippen molar-refractivity contribution >= 4 is 24.2 Å². The lowest BCUT2D eigenvalue weighted by atomic mass is 9.97. The van der Waals surface area contributed by atoms with Gasteiger partial charge in [-0.25, -0.2) is 4.79 Å². The van der Waals surface area contributed by atoms with Gasteiger partial charge in [0.25, 0.3) is 0 Å². The molecule has 10 heteroatoms. The molecule has 3 amide bonds. The molecular formula is C30H49N3O7. The van der Waals surface area contributed by atoms with Crippen LogP contribution in [-0.4, -0.2) is 65.7 Å². The fraction of sp³-hybridized carbons (Fsp3) is 0.667. The molecule has 6 atom stereocenters. The first kappa shape index (κ1) is 35.0. The third kappa shape index (κ3) is 12.9. The smallest absolute Gasteiger partial charge is 0.408 e. The third-order valence-corrected chi connectivity index (χ3v) is 6.07. The van der Waals surface area contributed by atoms with Crippen LogP contribution in [0.4, 0.5) is 4.79 Å². The van der Waals surface area contributed by atoms with Crippen molar-refractivity contribution in [1.82, 2.24) is 16.0 Å². The number of rotatable bonds is 14. The van der Waals surface area contributed by atoms with E-state index in [9.17, 15) is 19.2 Å². The second-order valence-electron chi connectivity index (χ2n) is 12.1. The van der Waals surface area contributed by atoms with Gasteiger partial charge < -0.3 is 35.0 Å². The van der Waals surface area contributed by atoms with Crippen LogP contribution in [0.25, 0.3) is 0 Å². The number of hydrogen-bond acceptors (Lipinski definition) is 7. The van der Waals surface area contributed by atoms with Crippen molar-refractivity contribution in [2.24, 2.45) is 5.92 Å². The summed E-state index contributed by atoms with van der Waals surface area (Å²) in [4.78, 5) is 51.4. The zero-order valence-electron chi connectivity index (χ0n) is 25.7. The topological polar surface area (TPSA) is 132 Å². The van der Waals surface area contributed by atoms with Crippen molar-refractivity contribution in [3.8, 4) is 0 Å². The summed E-state index contributed by atoms with van der Waals surface area (Å²) in [6, 6.07) is 6.09. The Morgan fingerprint density at radius 1 is 0.800 bits per heavy atom. The summed E-state index contributed by atoms with van der Waals surface area (Å²) >= 11 is 0. The molecule has 0 aliphatic rings. The lowest BCUT2D eigenvalue weighted by Gasteiger charge is -2.34. The van der Waals surface area contributed by atoms with Gasteiger partial charge in [0.15, 0.2) is 0 Å². The molecule has 0 heterocycles. The highest BCUT2D eigenvalue weighted by Crippen LogP contribution is 2.16. The molecule has 0 fully saturated rings. The standard InChI is InChI=1S/C30H49N3O7/c1-11-19(2)24(33-28(37)38-18-22-15-13-12-14-16-22)26(35)32-25(21(4)40-30(8,9)10)27(36)31-23(17-34)20(3)39-29(5,6)7/h12-17,19-21,23-25H,11,18H2,1-10H3,(H,31,36)(H,32,35)(H,33,37)/t19-,20+,21+,23+,24-,25-/m0/s1. The molecule has 0 aliphatic heterocycles. The van der Waals surface area contributed by atoms with E-state index in [1.165, 1.54) is 0 Å². The maximum absolute atomic E-state index is 13.5. The first-order valence-corrected chi connectivity index (χ1v) is 13.9. The molecule has 0 spiro atoms. The van der Waals surface area contributed by atoms with E-state index in [0.29, 0.717) is 12.7 Å². The molecular weight excluding hydrogens is 514 g/mol. The molecule has 0 radical (unpaired) electrons. The number of hydrogen-bond donors (Lipinski definition) is 3. The molecule has 0 bridgehead atoms. The Morgan fingerprint density at radius 2 is 1.32 bits per heavy atom. The summed E-state index contributed by atoms with van der Waals surface area (Å²) in [5.74, 6) is -1.45. The summed E-state index contributed by atoms with van der Waals surface area (Å²) in [6.45, 7) is 18.2. The van der Waals surface area contributed by atoms with Gasteiger partial charge in [-0.1, -0.05) is 50.6 Å². The zero-order valence-corrected chi connectivity index (χ0v) is 25.7. The molecule has 0 unspecified atom stereocenters. The van der Waals surface area contributed by atoms with Crippen molar-refractivity contribution in [3.05, 3.63) is 35.9 Å². The van der Waals surface area contributed by atoms with Gasteiger partial charge in [-0.05, 0) is 66.9 Å². The first-order chi connectivity index (χ1) is 18.5. The fourth-order valence-corrected chi connectivity index (χ4v) is 4.01. The van der Waals surface area contributed by atoms with Crippen LogP contribution in [0.5, 0.6) is 0 Å². The number of amides is 3. The number of nitrogens with one attached hydrogen (secondary N) is 3. The normalized spacial score (nSPS) is 16.4. The Labute approximate surface area is 239 Å². The van der Waals surface area contributed by atoms with Crippen molar-refractivity contribution < 1.29 is 33.4 Å². The summed E-state index contributed by atoms with van der Waals surface area (Å²) in [6.07, 6.45) is -0.951. The third-order valence-electron chi connectivity index (χ3n) is 6.07. The van der Waals surface area contributed by atoms with E-state index in [0.717, 1.165) is 5.56 Å². The van der Waals surface area contributed by atoms with Crippen molar-refractivity contribution in [3.63, 3.8) is 0 Å². The average Bonchev–Trinajstić information content (AvgIpc) is 2.85. The molecule has 0 aliphatic carbocycles. The highest BCUT2D eigenvalue weighted by atomic mass is 16.5. The molecule has 1 rings (SSSR count). The van der Waals surface area contributed by atoms with Crippen LogP contribution in [0.3, 0.4) is 0 Å². The molecule has 0 aromatic heterocycles. The minimum absolute atomic E-state index is 0.0465. The Hall–Kier alpha value is -2.98. The molecule has 40 heavy (non-hydrogen) atoms. The number of aldehydes is 1. The second kappa shape index (κ2) is 15.7. The number of ether oxygens (including phenoxy) is 3. The molecule has 1 aromatic rings. The summed E-state index contributed by atoms with van der Waals surface area (Å²) in [7, 11) is 0. The minimum Gasteiger partial charge on any atom is -0.445 e. The lowest BCUT2D eigenvalue weighted by molar-refractivity contribution is -0.141. The second-order valence-corrected chi connectivity index (χ2v) is 12.1. The van der Waals surface area contributed by atoms with Crippen molar-refractivity contribution in [1.29, 1.82) is 0 Å². The fourth-order valence-electron chi connectivity index (χ4n) is 4.01. The van der Waals surface area contributed by atoms with E-state index >= 15 is 0 Å². The first-order valence-electron chi connectivity index (χ1n) is 13.9. The van der Waals surface area contributed by atoms with Gasteiger partial charge in [0.1, 0.15) is 31.0 Å². The maximum atomic E-state index is 13.5. The molecule has 1 aromatic carbocycles. The Bertz CT molecular complexity index is 956. The van der Waals surface area contributed by atoms with Crippen molar-refractivity contribution in [2.45, 2.75) is 124 Å². The summed E-state index contributed by atoms with van der Waals surface area (Å²) in [5.41, 5.74) is -0.349. The van der Waals surface area contributed by atoms with Gasteiger partial charge in [-0.15, -0.1) is 0 Å².